The molecule has 0 aliphatic heterocycles. The average molecular weight is 332 g/mol. The molecule has 0 saturated heterocycles. The van der Waals surface area contributed by atoms with Gasteiger partial charge in [-0.05, 0) is 46.5 Å². The van der Waals surface area contributed by atoms with E-state index >= 15 is 0 Å². The van der Waals surface area contributed by atoms with Crippen LogP contribution >= 0.6 is 39.3 Å². The quantitative estimate of drug-likeness (QED) is 0.616. The van der Waals surface area contributed by atoms with E-state index in [1.54, 1.807) is 11.8 Å². The van der Waals surface area contributed by atoms with E-state index < -0.39 is 0 Å². The fourth-order valence-electron chi connectivity index (χ4n) is 1.16. The Kier molecular flexibility index (Phi) is 4.25. The van der Waals surface area contributed by atoms with Gasteiger partial charge in [0.15, 0.2) is 5.15 Å². The Hall–Kier alpha value is -0.780. The van der Waals surface area contributed by atoms with Crippen molar-refractivity contribution >= 4 is 39.3 Å². The van der Waals surface area contributed by atoms with Gasteiger partial charge in [0, 0.05) is 4.90 Å². The van der Waals surface area contributed by atoms with Crippen LogP contribution in [0, 0.1) is 0 Å². The predicted molar refractivity (Wildman–Crippen MR) is 73.0 cm³/mol. The first-order valence-electron chi connectivity index (χ1n) is 4.68. The molecule has 1 heterocycles. The summed E-state index contributed by atoms with van der Waals surface area (Å²) in [5, 5.41) is 0.329. The topological polar surface area (TPSA) is 35.0 Å². The molecule has 1 aromatic carbocycles. The molecule has 6 heteroatoms. The fourth-order valence-corrected chi connectivity index (χ4v) is 1.98. The summed E-state index contributed by atoms with van der Waals surface area (Å²) in [5.41, 5.74) is 0. The third kappa shape index (κ3) is 3.12. The number of rotatable bonds is 3. The maximum Gasteiger partial charge on any atom is 0.238 e. The predicted octanol–water partition coefficient (Wildman–Crippen LogP) is 4.41. The van der Waals surface area contributed by atoms with Crippen LogP contribution in [-0.4, -0.2) is 16.2 Å². The van der Waals surface area contributed by atoms with Crippen molar-refractivity contribution in [2.45, 2.75) is 4.90 Å². The molecule has 17 heavy (non-hydrogen) atoms. The number of ether oxygens (including phenoxy) is 1. The number of aromatic nitrogens is 2. The summed E-state index contributed by atoms with van der Waals surface area (Å²) in [6, 6.07) is 7.73. The van der Waals surface area contributed by atoms with E-state index in [1.807, 2.05) is 30.5 Å². The first-order chi connectivity index (χ1) is 8.20. The second kappa shape index (κ2) is 5.71. The van der Waals surface area contributed by atoms with Crippen LogP contribution in [0.15, 0.2) is 40.0 Å². The van der Waals surface area contributed by atoms with Crippen molar-refractivity contribution < 1.29 is 4.74 Å². The first-order valence-corrected chi connectivity index (χ1v) is 7.08. The molecule has 0 radical (unpaired) electrons. The zero-order valence-electron chi connectivity index (χ0n) is 8.85. The Balaban J connectivity index is 2.22. The Labute approximate surface area is 117 Å². The molecule has 0 bridgehead atoms. The van der Waals surface area contributed by atoms with E-state index in [9.17, 15) is 0 Å². The molecular weight excluding hydrogens is 324 g/mol. The van der Waals surface area contributed by atoms with E-state index in [4.69, 9.17) is 16.3 Å². The normalized spacial score (nSPS) is 10.3. The van der Waals surface area contributed by atoms with Gasteiger partial charge in [-0.15, -0.1) is 11.8 Å². The third-order valence-electron chi connectivity index (χ3n) is 1.99. The third-order valence-corrected chi connectivity index (χ3v) is 3.96. The fraction of sp³-hybridized carbons (Fsp3) is 0.0909. The van der Waals surface area contributed by atoms with Gasteiger partial charge in [0.05, 0.1) is 0 Å². The standard InChI is InChI=1S/C11H8BrClN2OS/c1-17-8-4-2-7(3-5-8)16-11-9(12)10(13)14-6-15-11/h2-6H,1H3. The monoisotopic (exact) mass is 330 g/mol. The molecule has 0 spiro atoms. The van der Waals surface area contributed by atoms with Crippen LogP contribution in [0.25, 0.3) is 0 Å². The number of halogens is 2. The van der Waals surface area contributed by atoms with Crippen molar-refractivity contribution in [3.05, 3.63) is 40.2 Å². The minimum absolute atomic E-state index is 0.329. The van der Waals surface area contributed by atoms with Crippen molar-refractivity contribution in [1.82, 2.24) is 9.97 Å². The summed E-state index contributed by atoms with van der Waals surface area (Å²) in [7, 11) is 0. The van der Waals surface area contributed by atoms with Gasteiger partial charge in [-0.2, -0.15) is 0 Å². The molecule has 2 aromatic rings. The van der Waals surface area contributed by atoms with Crippen molar-refractivity contribution in [2.75, 3.05) is 6.26 Å². The van der Waals surface area contributed by atoms with Gasteiger partial charge < -0.3 is 4.74 Å². The van der Waals surface area contributed by atoms with Crippen molar-refractivity contribution in [1.29, 1.82) is 0 Å². The zero-order chi connectivity index (χ0) is 12.3. The number of nitrogens with zero attached hydrogens (tertiary/aromatic N) is 2. The van der Waals surface area contributed by atoms with Gasteiger partial charge in [-0.25, -0.2) is 9.97 Å². The van der Waals surface area contributed by atoms with Gasteiger partial charge in [0.25, 0.3) is 0 Å². The van der Waals surface area contributed by atoms with Crippen molar-refractivity contribution in [3.8, 4) is 11.6 Å². The number of hydrogen-bond acceptors (Lipinski definition) is 4. The molecule has 0 aliphatic carbocycles. The lowest BCUT2D eigenvalue weighted by molar-refractivity contribution is 0.457. The summed E-state index contributed by atoms with van der Waals surface area (Å²) >= 11 is 10.8. The Morgan fingerprint density at radius 3 is 2.59 bits per heavy atom. The molecule has 0 saturated carbocycles. The van der Waals surface area contributed by atoms with Gasteiger partial charge in [-0.3, -0.25) is 0 Å². The summed E-state index contributed by atoms with van der Waals surface area (Å²) in [5.74, 6) is 1.11. The number of hydrogen-bond donors (Lipinski definition) is 0. The van der Waals surface area contributed by atoms with Crippen LogP contribution in [0.1, 0.15) is 0 Å². The molecular formula is C11H8BrClN2OS. The summed E-state index contributed by atoms with van der Waals surface area (Å²) < 4.78 is 6.15. The Morgan fingerprint density at radius 2 is 1.94 bits per heavy atom. The lowest BCUT2D eigenvalue weighted by Gasteiger charge is -2.07. The molecule has 3 nitrogen and oxygen atoms in total. The molecule has 0 N–H and O–H groups in total. The molecule has 0 atom stereocenters. The molecule has 2 rings (SSSR count). The van der Waals surface area contributed by atoms with Crippen LogP contribution in [0.3, 0.4) is 0 Å². The molecule has 0 amide bonds. The zero-order valence-corrected chi connectivity index (χ0v) is 12.0. The number of thioether (sulfide) groups is 1. The van der Waals surface area contributed by atoms with E-state index in [0.717, 1.165) is 0 Å². The Morgan fingerprint density at radius 1 is 1.24 bits per heavy atom. The van der Waals surface area contributed by atoms with Gasteiger partial charge in [0.2, 0.25) is 5.88 Å². The van der Waals surface area contributed by atoms with Crippen LogP contribution in [0.2, 0.25) is 5.15 Å². The van der Waals surface area contributed by atoms with Crippen molar-refractivity contribution in [2.24, 2.45) is 0 Å². The average Bonchev–Trinajstić information content (AvgIpc) is 2.36. The highest BCUT2D eigenvalue weighted by molar-refractivity contribution is 9.10. The molecule has 1 aromatic heterocycles. The second-order valence-corrected chi connectivity index (χ2v) is 5.09. The lowest BCUT2D eigenvalue weighted by Crippen LogP contribution is -1.91. The largest absolute Gasteiger partial charge is 0.438 e. The molecule has 88 valence electrons. The molecule has 0 fully saturated rings. The minimum Gasteiger partial charge on any atom is -0.438 e. The van der Waals surface area contributed by atoms with E-state index in [1.165, 1.54) is 11.2 Å². The van der Waals surface area contributed by atoms with E-state index in [0.29, 0.717) is 21.3 Å². The van der Waals surface area contributed by atoms with E-state index in [2.05, 4.69) is 25.9 Å². The summed E-state index contributed by atoms with van der Waals surface area (Å²) in [6.45, 7) is 0. The van der Waals surface area contributed by atoms with Crippen LogP contribution in [-0.2, 0) is 0 Å². The second-order valence-electron chi connectivity index (χ2n) is 3.06. The van der Waals surface area contributed by atoms with Crippen LogP contribution in [0.4, 0.5) is 0 Å². The number of benzene rings is 1. The van der Waals surface area contributed by atoms with Gasteiger partial charge >= 0.3 is 0 Å². The van der Waals surface area contributed by atoms with Gasteiger partial charge in [0.1, 0.15) is 16.5 Å². The lowest BCUT2D eigenvalue weighted by atomic mass is 10.3. The summed E-state index contributed by atoms with van der Waals surface area (Å²) in [6.07, 6.45) is 3.38. The Bertz CT molecular complexity index is 521. The van der Waals surface area contributed by atoms with E-state index in [-0.39, 0.29) is 0 Å². The van der Waals surface area contributed by atoms with Crippen molar-refractivity contribution in [3.63, 3.8) is 0 Å². The first kappa shape index (κ1) is 12.7. The maximum absolute atomic E-state index is 5.85. The molecule has 0 aliphatic rings. The maximum atomic E-state index is 5.85. The minimum atomic E-state index is 0.329. The highest BCUT2D eigenvalue weighted by Gasteiger charge is 2.08. The smallest absolute Gasteiger partial charge is 0.238 e. The highest BCUT2D eigenvalue weighted by Crippen LogP contribution is 2.31. The highest BCUT2D eigenvalue weighted by atomic mass is 79.9. The molecule has 0 unspecified atom stereocenters. The van der Waals surface area contributed by atoms with Crippen LogP contribution < -0.4 is 4.74 Å². The summed E-state index contributed by atoms with van der Waals surface area (Å²) in [4.78, 5) is 9.02. The van der Waals surface area contributed by atoms with Crippen LogP contribution in [0.5, 0.6) is 11.6 Å². The SMILES string of the molecule is CSc1ccc(Oc2ncnc(Cl)c2Br)cc1. The van der Waals surface area contributed by atoms with Gasteiger partial charge in [-0.1, -0.05) is 11.6 Å².